The Labute approximate surface area is 169 Å². The highest BCUT2D eigenvalue weighted by atomic mass is 16.2. The first-order valence-corrected chi connectivity index (χ1v) is 9.60. The summed E-state index contributed by atoms with van der Waals surface area (Å²) in [5.74, 6) is -0.135. The third kappa shape index (κ3) is 3.54. The van der Waals surface area contributed by atoms with E-state index in [1.807, 2.05) is 36.4 Å². The molecule has 0 bridgehead atoms. The van der Waals surface area contributed by atoms with Crippen LogP contribution in [0, 0.1) is 0 Å². The molecule has 2 aliphatic heterocycles. The van der Waals surface area contributed by atoms with Crippen molar-refractivity contribution >= 4 is 35.0 Å². The van der Waals surface area contributed by atoms with E-state index in [1.165, 1.54) is 16.8 Å². The third-order valence-corrected chi connectivity index (χ3v) is 5.19. The predicted octanol–water partition coefficient (Wildman–Crippen LogP) is 2.25. The Bertz CT molecular complexity index is 927. The molecule has 2 aromatic carbocycles. The molecule has 1 saturated heterocycles. The number of benzene rings is 2. The van der Waals surface area contributed by atoms with Gasteiger partial charge in [-0.05, 0) is 24.3 Å². The molecule has 150 valence electrons. The summed E-state index contributed by atoms with van der Waals surface area (Å²) >= 11 is 0. The fraction of sp³-hybridized carbons (Fsp3) is 0.286. The molecule has 2 aromatic rings. The Balaban J connectivity index is 1.74. The van der Waals surface area contributed by atoms with Gasteiger partial charge in [-0.3, -0.25) is 14.6 Å². The summed E-state index contributed by atoms with van der Waals surface area (Å²) in [7, 11) is 1.44. The number of para-hydroxylation sites is 3. The first kappa shape index (κ1) is 18.9. The molecule has 1 fully saturated rings. The molecular formula is C21H23N5O3. The zero-order valence-electron chi connectivity index (χ0n) is 16.2. The highest BCUT2D eigenvalue weighted by Gasteiger charge is 2.37. The van der Waals surface area contributed by atoms with E-state index in [4.69, 9.17) is 0 Å². The van der Waals surface area contributed by atoms with Crippen LogP contribution >= 0.6 is 0 Å². The van der Waals surface area contributed by atoms with Crippen molar-refractivity contribution in [1.29, 1.82) is 0 Å². The standard InChI is InChI=1S/C21H23N5O3/c1-23-20(28)25(15-19(27)24-13-11-22-12-14-24)17-9-5-6-10-18(17)26(21(23)29)16-7-3-2-4-8-16/h2-10,22H,11-15H2,1H3. The van der Waals surface area contributed by atoms with Crippen molar-refractivity contribution in [2.45, 2.75) is 0 Å². The maximum absolute atomic E-state index is 13.2. The number of carbonyl (C=O) groups is 3. The van der Waals surface area contributed by atoms with E-state index < -0.39 is 12.1 Å². The van der Waals surface area contributed by atoms with Gasteiger partial charge in [-0.2, -0.15) is 0 Å². The highest BCUT2D eigenvalue weighted by molar-refractivity contribution is 6.16. The summed E-state index contributed by atoms with van der Waals surface area (Å²) in [5, 5.41) is 3.21. The Morgan fingerprint density at radius 2 is 1.52 bits per heavy atom. The Kier molecular flexibility index (Phi) is 5.18. The lowest BCUT2D eigenvalue weighted by atomic mass is 10.2. The molecule has 4 rings (SSSR count). The predicted molar refractivity (Wildman–Crippen MR) is 110 cm³/mol. The van der Waals surface area contributed by atoms with Crippen molar-refractivity contribution in [1.82, 2.24) is 15.1 Å². The maximum Gasteiger partial charge on any atom is 0.337 e. The fourth-order valence-electron chi connectivity index (χ4n) is 3.63. The highest BCUT2D eigenvalue weighted by Crippen LogP contribution is 2.38. The molecule has 1 N–H and O–H groups in total. The fourth-order valence-corrected chi connectivity index (χ4v) is 3.63. The lowest BCUT2D eigenvalue weighted by Crippen LogP contribution is -2.52. The number of carbonyl (C=O) groups excluding carboxylic acids is 3. The molecule has 0 aliphatic carbocycles. The second kappa shape index (κ2) is 7.92. The van der Waals surface area contributed by atoms with Gasteiger partial charge in [0.2, 0.25) is 5.91 Å². The molecule has 2 aliphatic rings. The van der Waals surface area contributed by atoms with Gasteiger partial charge in [-0.25, -0.2) is 14.5 Å². The van der Waals surface area contributed by atoms with E-state index in [1.54, 1.807) is 23.1 Å². The topological polar surface area (TPSA) is 76.2 Å². The smallest absolute Gasteiger partial charge is 0.337 e. The number of urea groups is 2. The molecule has 2 heterocycles. The van der Waals surface area contributed by atoms with E-state index in [0.717, 1.165) is 18.0 Å². The van der Waals surface area contributed by atoms with E-state index >= 15 is 0 Å². The third-order valence-electron chi connectivity index (χ3n) is 5.19. The van der Waals surface area contributed by atoms with E-state index in [9.17, 15) is 14.4 Å². The molecule has 8 nitrogen and oxygen atoms in total. The Morgan fingerprint density at radius 1 is 0.897 bits per heavy atom. The molecule has 0 radical (unpaired) electrons. The summed E-state index contributed by atoms with van der Waals surface area (Å²) in [6, 6.07) is 15.3. The summed E-state index contributed by atoms with van der Waals surface area (Å²) in [6.07, 6.45) is 0. The number of hydrogen-bond donors (Lipinski definition) is 1. The lowest BCUT2D eigenvalue weighted by Gasteiger charge is -2.30. The zero-order valence-corrected chi connectivity index (χ0v) is 16.2. The van der Waals surface area contributed by atoms with Gasteiger partial charge in [0.1, 0.15) is 6.54 Å². The van der Waals surface area contributed by atoms with Crippen molar-refractivity contribution in [3.63, 3.8) is 0 Å². The van der Waals surface area contributed by atoms with Crippen LogP contribution < -0.4 is 15.1 Å². The Hall–Kier alpha value is -3.39. The minimum Gasteiger partial charge on any atom is -0.339 e. The second-order valence-electron chi connectivity index (χ2n) is 7.00. The van der Waals surface area contributed by atoms with Crippen LogP contribution in [-0.2, 0) is 4.79 Å². The van der Waals surface area contributed by atoms with Crippen molar-refractivity contribution in [3.8, 4) is 0 Å². The number of anilines is 3. The van der Waals surface area contributed by atoms with Gasteiger partial charge in [-0.1, -0.05) is 30.3 Å². The normalized spacial score (nSPS) is 17.3. The van der Waals surface area contributed by atoms with Gasteiger partial charge >= 0.3 is 12.1 Å². The number of nitrogens with one attached hydrogen (secondary N) is 1. The molecule has 8 heteroatoms. The van der Waals surface area contributed by atoms with Crippen molar-refractivity contribution in [2.24, 2.45) is 0 Å². The Morgan fingerprint density at radius 3 is 2.21 bits per heavy atom. The number of fused-ring (bicyclic) bond motifs is 1. The maximum atomic E-state index is 13.2. The number of imide groups is 1. The van der Waals surface area contributed by atoms with Gasteiger partial charge in [0.25, 0.3) is 0 Å². The van der Waals surface area contributed by atoms with Crippen LogP contribution in [0.5, 0.6) is 0 Å². The van der Waals surface area contributed by atoms with Crippen LogP contribution in [-0.4, -0.2) is 67.5 Å². The molecule has 0 aromatic heterocycles. The van der Waals surface area contributed by atoms with Crippen LogP contribution in [0.25, 0.3) is 0 Å². The van der Waals surface area contributed by atoms with E-state index in [2.05, 4.69) is 5.32 Å². The first-order valence-electron chi connectivity index (χ1n) is 9.60. The summed E-state index contributed by atoms with van der Waals surface area (Å²) < 4.78 is 0. The number of hydrogen-bond acceptors (Lipinski definition) is 4. The average Bonchev–Trinajstić information content (AvgIpc) is 2.84. The summed E-state index contributed by atoms with van der Waals surface area (Å²) in [6.45, 7) is 2.56. The number of nitrogens with zero attached hydrogens (tertiary/aromatic N) is 4. The zero-order chi connectivity index (χ0) is 20.4. The van der Waals surface area contributed by atoms with Gasteiger partial charge < -0.3 is 10.2 Å². The van der Waals surface area contributed by atoms with Gasteiger partial charge in [0.15, 0.2) is 0 Å². The van der Waals surface area contributed by atoms with Crippen molar-refractivity contribution < 1.29 is 14.4 Å². The molecule has 0 spiro atoms. The summed E-state index contributed by atoms with van der Waals surface area (Å²) in [4.78, 5) is 44.8. The lowest BCUT2D eigenvalue weighted by molar-refractivity contribution is -0.130. The second-order valence-corrected chi connectivity index (χ2v) is 7.00. The van der Waals surface area contributed by atoms with E-state index in [-0.39, 0.29) is 12.5 Å². The molecule has 0 saturated carbocycles. The first-order chi connectivity index (χ1) is 14.1. The molecule has 0 unspecified atom stereocenters. The van der Waals surface area contributed by atoms with Crippen molar-refractivity contribution in [2.75, 3.05) is 49.6 Å². The molecule has 29 heavy (non-hydrogen) atoms. The largest absolute Gasteiger partial charge is 0.339 e. The van der Waals surface area contributed by atoms with Crippen LogP contribution in [0.3, 0.4) is 0 Å². The molecule has 0 atom stereocenters. The minimum atomic E-state index is -0.524. The monoisotopic (exact) mass is 393 g/mol. The van der Waals surface area contributed by atoms with Crippen LogP contribution in [0.1, 0.15) is 0 Å². The van der Waals surface area contributed by atoms with Crippen LogP contribution in [0.2, 0.25) is 0 Å². The van der Waals surface area contributed by atoms with Crippen LogP contribution in [0.4, 0.5) is 26.7 Å². The van der Waals surface area contributed by atoms with E-state index in [0.29, 0.717) is 30.2 Å². The molecular weight excluding hydrogens is 370 g/mol. The number of rotatable bonds is 3. The quantitative estimate of drug-likeness (QED) is 0.868. The number of amides is 5. The van der Waals surface area contributed by atoms with Crippen molar-refractivity contribution in [3.05, 3.63) is 54.6 Å². The van der Waals surface area contributed by atoms with Gasteiger partial charge in [0, 0.05) is 33.2 Å². The number of piperazine rings is 1. The van der Waals surface area contributed by atoms with Crippen LogP contribution in [0.15, 0.2) is 54.6 Å². The average molecular weight is 393 g/mol. The van der Waals surface area contributed by atoms with Gasteiger partial charge in [0.05, 0.1) is 17.1 Å². The summed E-state index contributed by atoms with van der Waals surface area (Å²) in [5.41, 5.74) is 1.75. The SMILES string of the molecule is CN1C(=O)N(CC(=O)N2CCNCC2)c2ccccc2N(c2ccccc2)C1=O. The van der Waals surface area contributed by atoms with Gasteiger partial charge in [-0.15, -0.1) is 0 Å². The molecule has 5 amide bonds. The minimum absolute atomic E-state index is 0.115.